The third-order valence-electron chi connectivity index (χ3n) is 7.50. The zero-order valence-electron chi connectivity index (χ0n) is 20.4. The molecule has 2 aromatic carbocycles. The highest BCUT2D eigenvalue weighted by Crippen LogP contribution is 2.30. The number of halogens is 1. The Balaban J connectivity index is 0.00000361. The number of carboxylic acids is 1. The second-order valence-corrected chi connectivity index (χ2v) is 9.74. The van der Waals surface area contributed by atoms with Crippen molar-refractivity contribution in [3.8, 4) is 0 Å². The summed E-state index contributed by atoms with van der Waals surface area (Å²) in [7, 11) is 0. The van der Waals surface area contributed by atoms with Crippen LogP contribution in [0, 0.1) is 5.92 Å². The molecule has 3 atom stereocenters. The lowest BCUT2D eigenvalue weighted by atomic mass is 9.83. The van der Waals surface area contributed by atoms with E-state index in [1.54, 1.807) is 4.90 Å². The van der Waals surface area contributed by atoms with Crippen molar-refractivity contribution in [2.45, 2.75) is 69.0 Å². The highest BCUT2D eigenvalue weighted by atomic mass is 35.5. The number of hydrogen-bond donors (Lipinski definition) is 3. The molecule has 2 unspecified atom stereocenters. The molecule has 0 aromatic heterocycles. The Morgan fingerprint density at radius 3 is 1.94 bits per heavy atom. The van der Waals surface area contributed by atoms with Gasteiger partial charge >= 0.3 is 5.97 Å². The summed E-state index contributed by atoms with van der Waals surface area (Å²) < 4.78 is 0. The molecule has 36 heavy (non-hydrogen) atoms. The Kier molecular flexibility index (Phi) is 9.90. The fraction of sp³-hybridized carbons (Fsp3) is 0.464. The Morgan fingerprint density at radius 1 is 0.861 bits per heavy atom. The van der Waals surface area contributed by atoms with E-state index in [4.69, 9.17) is 5.73 Å². The standard InChI is InChI=1S/C28H35N3O4.ClH/c29-24(21-15-8-3-9-16-21)27(33)31-18-10-17-22(31)26(32)30-25(28(34)35)23(19-11-4-1-5-12-19)20-13-6-2-7-14-20;/h1-2,4-7,11-14,21-25H,3,8-10,15-18,29H2,(H,30,32)(H,34,35);1H/t22-,24?,25?;/m0./s1. The average molecular weight is 514 g/mol. The maximum absolute atomic E-state index is 13.4. The van der Waals surface area contributed by atoms with Gasteiger partial charge in [0.25, 0.3) is 0 Å². The van der Waals surface area contributed by atoms with Gasteiger partial charge in [-0.25, -0.2) is 4.79 Å². The molecule has 1 aliphatic carbocycles. The lowest BCUT2D eigenvalue weighted by molar-refractivity contribution is -0.144. The van der Waals surface area contributed by atoms with Gasteiger partial charge in [0.05, 0.1) is 6.04 Å². The molecule has 1 heterocycles. The monoisotopic (exact) mass is 513 g/mol. The molecule has 1 saturated carbocycles. The molecule has 4 N–H and O–H groups in total. The number of nitrogens with two attached hydrogens (primary N) is 1. The number of amides is 2. The molecule has 2 fully saturated rings. The van der Waals surface area contributed by atoms with Gasteiger partial charge in [0.15, 0.2) is 0 Å². The maximum Gasteiger partial charge on any atom is 0.327 e. The second-order valence-electron chi connectivity index (χ2n) is 9.74. The van der Waals surface area contributed by atoms with Gasteiger partial charge in [-0.15, -0.1) is 12.4 Å². The number of nitrogens with one attached hydrogen (secondary N) is 1. The van der Waals surface area contributed by atoms with Crippen LogP contribution in [0.3, 0.4) is 0 Å². The van der Waals surface area contributed by atoms with E-state index in [-0.39, 0.29) is 24.2 Å². The summed E-state index contributed by atoms with van der Waals surface area (Å²) in [5, 5.41) is 13.0. The summed E-state index contributed by atoms with van der Waals surface area (Å²) in [6, 6.07) is 16.2. The summed E-state index contributed by atoms with van der Waals surface area (Å²) in [5.41, 5.74) is 7.96. The van der Waals surface area contributed by atoms with Crippen molar-refractivity contribution in [2.24, 2.45) is 11.7 Å². The van der Waals surface area contributed by atoms with Crippen LogP contribution in [0.2, 0.25) is 0 Å². The van der Waals surface area contributed by atoms with E-state index in [0.717, 1.165) is 36.8 Å². The number of aliphatic carboxylic acids is 1. The van der Waals surface area contributed by atoms with Crippen molar-refractivity contribution < 1.29 is 19.5 Å². The number of likely N-dealkylation sites (tertiary alicyclic amines) is 1. The molecule has 2 amide bonds. The molecule has 0 bridgehead atoms. The van der Waals surface area contributed by atoms with Crippen LogP contribution in [0.1, 0.15) is 62.0 Å². The molecule has 7 nitrogen and oxygen atoms in total. The molecule has 2 aromatic rings. The van der Waals surface area contributed by atoms with E-state index in [0.29, 0.717) is 19.4 Å². The number of nitrogens with zero attached hydrogens (tertiary/aromatic N) is 1. The minimum Gasteiger partial charge on any atom is -0.480 e. The summed E-state index contributed by atoms with van der Waals surface area (Å²) in [5.74, 6) is -2.17. The zero-order valence-corrected chi connectivity index (χ0v) is 21.2. The minimum absolute atomic E-state index is 0. The van der Waals surface area contributed by atoms with Gasteiger partial charge in [-0.1, -0.05) is 79.9 Å². The SMILES string of the molecule is Cl.NC(C(=O)N1CCC[C@H]1C(=O)NC(C(=O)O)C(c1ccccc1)c1ccccc1)C1CCCCC1. The quantitative estimate of drug-likeness (QED) is 0.498. The highest BCUT2D eigenvalue weighted by molar-refractivity contribution is 5.92. The van der Waals surface area contributed by atoms with Crippen LogP contribution >= 0.6 is 12.4 Å². The van der Waals surface area contributed by atoms with Gasteiger partial charge in [0, 0.05) is 12.5 Å². The topological polar surface area (TPSA) is 113 Å². The van der Waals surface area contributed by atoms with Crippen molar-refractivity contribution in [2.75, 3.05) is 6.54 Å². The van der Waals surface area contributed by atoms with E-state index in [1.165, 1.54) is 6.42 Å². The number of carbonyl (C=O) groups is 3. The number of rotatable bonds is 8. The van der Waals surface area contributed by atoms with Crippen molar-refractivity contribution in [3.05, 3.63) is 71.8 Å². The van der Waals surface area contributed by atoms with Gasteiger partial charge in [0.1, 0.15) is 12.1 Å². The van der Waals surface area contributed by atoms with Crippen molar-refractivity contribution in [1.29, 1.82) is 0 Å². The predicted octanol–water partition coefficient (Wildman–Crippen LogP) is 3.71. The first kappa shape index (κ1) is 27.7. The van der Waals surface area contributed by atoms with Gasteiger partial charge in [0.2, 0.25) is 11.8 Å². The normalized spacial score (nSPS) is 19.8. The van der Waals surface area contributed by atoms with Gasteiger partial charge in [-0.3, -0.25) is 9.59 Å². The number of hydrogen-bond acceptors (Lipinski definition) is 4. The summed E-state index contributed by atoms with van der Waals surface area (Å²) in [6.07, 6.45) is 6.41. The van der Waals surface area contributed by atoms with E-state index in [9.17, 15) is 19.5 Å². The largest absolute Gasteiger partial charge is 0.480 e. The average Bonchev–Trinajstić information content (AvgIpc) is 3.39. The van der Waals surface area contributed by atoms with Crippen LogP contribution in [0.5, 0.6) is 0 Å². The van der Waals surface area contributed by atoms with Crippen LogP contribution in [0.25, 0.3) is 0 Å². The predicted molar refractivity (Wildman–Crippen MR) is 141 cm³/mol. The lowest BCUT2D eigenvalue weighted by Gasteiger charge is -2.33. The smallest absolute Gasteiger partial charge is 0.327 e. The number of carbonyl (C=O) groups excluding carboxylic acids is 2. The van der Waals surface area contributed by atoms with Crippen LogP contribution in [0.15, 0.2) is 60.7 Å². The fourth-order valence-corrected chi connectivity index (χ4v) is 5.62. The van der Waals surface area contributed by atoms with Crippen LogP contribution in [-0.2, 0) is 14.4 Å². The lowest BCUT2D eigenvalue weighted by Crippen LogP contribution is -2.56. The molecule has 194 valence electrons. The third kappa shape index (κ3) is 6.26. The van der Waals surface area contributed by atoms with Gasteiger partial charge < -0.3 is 21.1 Å². The summed E-state index contributed by atoms with van der Waals surface area (Å²) >= 11 is 0. The number of carboxylic acid groups (broad SMARTS) is 1. The van der Waals surface area contributed by atoms with Crippen molar-refractivity contribution in [1.82, 2.24) is 10.2 Å². The highest BCUT2D eigenvalue weighted by Gasteiger charge is 2.41. The van der Waals surface area contributed by atoms with Crippen molar-refractivity contribution in [3.63, 3.8) is 0 Å². The third-order valence-corrected chi connectivity index (χ3v) is 7.50. The molecule has 8 heteroatoms. The number of benzene rings is 2. The van der Waals surface area contributed by atoms with E-state index in [2.05, 4.69) is 5.32 Å². The Hall–Kier alpha value is -2.90. The molecule has 4 rings (SSSR count). The summed E-state index contributed by atoms with van der Waals surface area (Å²) in [4.78, 5) is 40.7. The first-order valence-electron chi connectivity index (χ1n) is 12.7. The second kappa shape index (κ2) is 12.9. The molecule has 1 aliphatic heterocycles. The molecular formula is C28H36ClN3O4. The minimum atomic E-state index is -1.18. The first-order valence-corrected chi connectivity index (χ1v) is 12.7. The van der Waals surface area contributed by atoms with Crippen LogP contribution in [-0.4, -0.2) is 52.5 Å². The van der Waals surface area contributed by atoms with Crippen LogP contribution < -0.4 is 11.1 Å². The fourth-order valence-electron chi connectivity index (χ4n) is 5.62. The molecular weight excluding hydrogens is 478 g/mol. The van der Waals surface area contributed by atoms with Crippen molar-refractivity contribution >= 4 is 30.2 Å². The molecule has 2 aliphatic rings. The van der Waals surface area contributed by atoms with E-state index < -0.39 is 35.9 Å². The van der Waals surface area contributed by atoms with E-state index >= 15 is 0 Å². The Labute approximate surface area is 218 Å². The zero-order chi connectivity index (χ0) is 24.8. The van der Waals surface area contributed by atoms with Gasteiger partial charge in [-0.05, 0) is 42.7 Å². The Bertz CT molecular complexity index is 974. The summed E-state index contributed by atoms with van der Waals surface area (Å²) in [6.45, 7) is 0.468. The Morgan fingerprint density at radius 2 is 1.42 bits per heavy atom. The van der Waals surface area contributed by atoms with Gasteiger partial charge in [-0.2, -0.15) is 0 Å². The van der Waals surface area contributed by atoms with E-state index in [1.807, 2.05) is 60.7 Å². The molecule has 0 spiro atoms. The van der Waals surface area contributed by atoms with Crippen LogP contribution in [0.4, 0.5) is 0 Å². The maximum atomic E-state index is 13.4. The first-order chi connectivity index (χ1) is 17.0. The molecule has 1 saturated heterocycles. The molecule has 0 radical (unpaired) electrons.